The van der Waals surface area contributed by atoms with E-state index in [0.717, 1.165) is 25.6 Å². The Balaban J connectivity index is 2.39. The molecule has 0 bridgehead atoms. The van der Waals surface area contributed by atoms with Crippen molar-refractivity contribution in [3.63, 3.8) is 0 Å². The summed E-state index contributed by atoms with van der Waals surface area (Å²) in [6.45, 7) is 13.9. The molecule has 0 aromatic carbocycles. The quantitative estimate of drug-likeness (QED) is 0.618. The molecule has 0 aromatic rings. The number of rotatable bonds is 10. The molecule has 1 heterocycles. The summed E-state index contributed by atoms with van der Waals surface area (Å²) < 4.78 is 5.29. The van der Waals surface area contributed by atoms with Crippen molar-refractivity contribution in [3.8, 4) is 0 Å². The number of methoxy groups -OCH3 is 1. The van der Waals surface area contributed by atoms with Gasteiger partial charge in [-0.25, -0.2) is 0 Å². The molecule has 1 aliphatic heterocycles. The Labute approximate surface area is 120 Å². The Morgan fingerprint density at radius 1 is 1.32 bits per heavy atom. The maximum absolute atomic E-state index is 5.29. The van der Waals surface area contributed by atoms with Crippen molar-refractivity contribution >= 4 is 0 Å². The summed E-state index contributed by atoms with van der Waals surface area (Å²) >= 11 is 0. The maximum Gasteiger partial charge on any atom is 0.0503 e. The van der Waals surface area contributed by atoms with E-state index in [-0.39, 0.29) is 0 Å². The molecule has 3 nitrogen and oxygen atoms in total. The summed E-state index contributed by atoms with van der Waals surface area (Å²) in [7, 11) is 1.82. The van der Waals surface area contributed by atoms with Crippen LogP contribution in [-0.4, -0.2) is 51.3 Å². The number of likely N-dealkylation sites (tertiary alicyclic amines) is 1. The number of nitrogens with zero attached hydrogens (tertiary/aromatic N) is 1. The zero-order valence-corrected chi connectivity index (χ0v) is 13.5. The molecule has 1 saturated heterocycles. The number of nitrogens with one attached hydrogen (secondary N) is 1. The van der Waals surface area contributed by atoms with Gasteiger partial charge in [0.2, 0.25) is 0 Å². The fourth-order valence-corrected chi connectivity index (χ4v) is 3.36. The van der Waals surface area contributed by atoms with Crippen LogP contribution in [0, 0.1) is 11.3 Å². The van der Waals surface area contributed by atoms with Gasteiger partial charge in [-0.3, -0.25) is 0 Å². The predicted molar refractivity (Wildman–Crippen MR) is 82.6 cm³/mol. The van der Waals surface area contributed by atoms with Crippen molar-refractivity contribution in [1.82, 2.24) is 10.2 Å². The Hall–Kier alpha value is -0.120. The summed E-state index contributed by atoms with van der Waals surface area (Å²) in [5, 5.41) is 3.62. The molecule has 2 atom stereocenters. The highest BCUT2D eigenvalue weighted by atomic mass is 16.5. The standard InChI is InChI=1S/C16H34N2O/c1-5-8-16(3,13-17-9-6-2)14-18-10-7-15(11-18)12-19-4/h15,17H,5-14H2,1-4H3. The first-order valence-corrected chi connectivity index (χ1v) is 8.05. The Kier molecular flexibility index (Phi) is 7.96. The molecule has 1 fully saturated rings. The topological polar surface area (TPSA) is 24.5 Å². The molecule has 1 aliphatic rings. The normalized spacial score (nSPS) is 23.7. The molecule has 0 spiro atoms. The van der Waals surface area contributed by atoms with Crippen LogP contribution in [0.25, 0.3) is 0 Å². The molecule has 0 aliphatic carbocycles. The van der Waals surface area contributed by atoms with Gasteiger partial charge < -0.3 is 15.0 Å². The van der Waals surface area contributed by atoms with Crippen molar-refractivity contribution in [3.05, 3.63) is 0 Å². The molecule has 2 unspecified atom stereocenters. The third kappa shape index (κ3) is 6.24. The Morgan fingerprint density at radius 2 is 2.11 bits per heavy atom. The molecule has 1 rings (SSSR count). The zero-order chi connectivity index (χ0) is 14.1. The van der Waals surface area contributed by atoms with Crippen LogP contribution in [0.1, 0.15) is 46.5 Å². The lowest BCUT2D eigenvalue weighted by Gasteiger charge is -2.34. The highest BCUT2D eigenvalue weighted by Gasteiger charge is 2.30. The van der Waals surface area contributed by atoms with Gasteiger partial charge in [0.25, 0.3) is 0 Å². The molecular weight excluding hydrogens is 236 g/mol. The van der Waals surface area contributed by atoms with Gasteiger partial charge in [0, 0.05) is 26.7 Å². The van der Waals surface area contributed by atoms with Gasteiger partial charge >= 0.3 is 0 Å². The Morgan fingerprint density at radius 3 is 2.74 bits per heavy atom. The van der Waals surface area contributed by atoms with Gasteiger partial charge in [-0.1, -0.05) is 27.2 Å². The molecule has 19 heavy (non-hydrogen) atoms. The SMILES string of the molecule is CCCNCC(C)(CCC)CN1CCC(COC)C1. The predicted octanol–water partition coefficient (Wildman–Crippen LogP) is 2.76. The molecule has 0 saturated carbocycles. The fourth-order valence-electron chi connectivity index (χ4n) is 3.36. The first kappa shape index (κ1) is 16.9. The van der Waals surface area contributed by atoms with E-state index in [2.05, 4.69) is 31.0 Å². The first-order chi connectivity index (χ1) is 9.13. The minimum atomic E-state index is 0.423. The van der Waals surface area contributed by atoms with Crippen molar-refractivity contribution in [2.24, 2.45) is 11.3 Å². The van der Waals surface area contributed by atoms with Crippen LogP contribution in [0.4, 0.5) is 0 Å². The van der Waals surface area contributed by atoms with Gasteiger partial charge in [-0.05, 0) is 43.7 Å². The third-order valence-electron chi connectivity index (χ3n) is 4.21. The molecule has 0 aromatic heterocycles. The van der Waals surface area contributed by atoms with Crippen LogP contribution < -0.4 is 5.32 Å². The lowest BCUT2D eigenvalue weighted by atomic mass is 9.84. The van der Waals surface area contributed by atoms with Crippen molar-refractivity contribution in [2.45, 2.75) is 46.5 Å². The van der Waals surface area contributed by atoms with E-state index in [1.54, 1.807) is 0 Å². The highest BCUT2D eigenvalue weighted by Crippen LogP contribution is 2.27. The molecule has 0 amide bonds. The average Bonchev–Trinajstić information content (AvgIpc) is 2.77. The lowest BCUT2D eigenvalue weighted by molar-refractivity contribution is 0.138. The third-order valence-corrected chi connectivity index (χ3v) is 4.21. The second-order valence-corrected chi connectivity index (χ2v) is 6.58. The first-order valence-electron chi connectivity index (χ1n) is 8.05. The van der Waals surface area contributed by atoms with Crippen molar-refractivity contribution in [1.29, 1.82) is 0 Å². The van der Waals surface area contributed by atoms with Crippen LogP contribution in [-0.2, 0) is 4.74 Å². The fraction of sp³-hybridized carbons (Fsp3) is 1.00. The molecule has 1 N–H and O–H groups in total. The second kappa shape index (κ2) is 8.93. The lowest BCUT2D eigenvalue weighted by Crippen LogP contribution is -2.42. The largest absolute Gasteiger partial charge is 0.384 e. The molecular formula is C16H34N2O. The van der Waals surface area contributed by atoms with E-state index < -0.39 is 0 Å². The number of hydrogen-bond acceptors (Lipinski definition) is 3. The van der Waals surface area contributed by atoms with Gasteiger partial charge in [-0.2, -0.15) is 0 Å². The van der Waals surface area contributed by atoms with Crippen molar-refractivity contribution in [2.75, 3.05) is 46.4 Å². The summed E-state index contributed by atoms with van der Waals surface area (Å²) in [4.78, 5) is 2.65. The molecule has 3 heteroatoms. The average molecular weight is 270 g/mol. The number of hydrogen-bond donors (Lipinski definition) is 1. The van der Waals surface area contributed by atoms with Crippen LogP contribution in [0.3, 0.4) is 0 Å². The minimum Gasteiger partial charge on any atom is -0.384 e. The van der Waals surface area contributed by atoms with Crippen LogP contribution >= 0.6 is 0 Å². The maximum atomic E-state index is 5.29. The van der Waals surface area contributed by atoms with E-state index in [0.29, 0.717) is 5.41 Å². The van der Waals surface area contributed by atoms with Crippen molar-refractivity contribution < 1.29 is 4.74 Å². The van der Waals surface area contributed by atoms with Gasteiger partial charge in [0.1, 0.15) is 0 Å². The van der Waals surface area contributed by atoms with Gasteiger partial charge in [0.15, 0.2) is 0 Å². The van der Waals surface area contributed by atoms with Crippen LogP contribution in [0.5, 0.6) is 0 Å². The number of ether oxygens (including phenoxy) is 1. The monoisotopic (exact) mass is 270 g/mol. The summed E-state index contributed by atoms with van der Waals surface area (Å²) in [6.07, 6.45) is 5.12. The molecule has 114 valence electrons. The smallest absolute Gasteiger partial charge is 0.0503 e. The summed E-state index contributed by atoms with van der Waals surface area (Å²) in [6, 6.07) is 0. The van der Waals surface area contributed by atoms with E-state index >= 15 is 0 Å². The van der Waals surface area contributed by atoms with E-state index in [4.69, 9.17) is 4.74 Å². The summed E-state index contributed by atoms with van der Waals surface area (Å²) in [5.74, 6) is 0.750. The van der Waals surface area contributed by atoms with E-state index in [1.807, 2.05) is 7.11 Å². The van der Waals surface area contributed by atoms with E-state index in [9.17, 15) is 0 Å². The van der Waals surface area contributed by atoms with Gasteiger partial charge in [-0.15, -0.1) is 0 Å². The minimum absolute atomic E-state index is 0.423. The van der Waals surface area contributed by atoms with E-state index in [1.165, 1.54) is 45.3 Å². The highest BCUT2D eigenvalue weighted by molar-refractivity contribution is 4.84. The van der Waals surface area contributed by atoms with Crippen LogP contribution in [0.2, 0.25) is 0 Å². The Bertz CT molecular complexity index is 235. The zero-order valence-electron chi connectivity index (χ0n) is 13.5. The van der Waals surface area contributed by atoms with Gasteiger partial charge in [0.05, 0.1) is 6.61 Å². The molecule has 0 radical (unpaired) electrons. The van der Waals surface area contributed by atoms with Crippen LogP contribution in [0.15, 0.2) is 0 Å². The summed E-state index contributed by atoms with van der Waals surface area (Å²) in [5.41, 5.74) is 0.423. The second-order valence-electron chi connectivity index (χ2n) is 6.58.